The van der Waals surface area contributed by atoms with Gasteiger partial charge in [0.1, 0.15) is 0 Å². The van der Waals surface area contributed by atoms with E-state index in [-0.39, 0.29) is 0 Å². The van der Waals surface area contributed by atoms with Gasteiger partial charge in [-0.2, -0.15) is 15.0 Å². The zero-order chi connectivity index (χ0) is 13.1. The largest absolute Gasteiger partial charge is 0.347 e. The van der Waals surface area contributed by atoms with Gasteiger partial charge in [0.25, 0.3) is 0 Å². The molecular weight excluding hydrogens is 228 g/mol. The van der Waals surface area contributed by atoms with Crippen LogP contribution >= 0.6 is 0 Å². The van der Waals surface area contributed by atoms with Crippen LogP contribution in [0.4, 0.5) is 17.8 Å². The minimum atomic E-state index is 0.565. The second-order valence-electron chi connectivity index (χ2n) is 4.47. The number of rotatable bonds is 4. The molecule has 0 radical (unpaired) electrons. The summed E-state index contributed by atoms with van der Waals surface area (Å²) in [5, 5.41) is 3.19. The second-order valence-corrected chi connectivity index (χ2v) is 4.47. The number of hydrogen-bond donors (Lipinski definition) is 1. The third-order valence-electron chi connectivity index (χ3n) is 2.44. The fourth-order valence-electron chi connectivity index (χ4n) is 1.49. The Kier molecular flexibility index (Phi) is 3.45. The van der Waals surface area contributed by atoms with Gasteiger partial charge in [-0.25, -0.2) is 0 Å². The minimum Gasteiger partial charge on any atom is -0.347 e. The number of nitrogens with zero attached hydrogens (tertiary/aromatic N) is 5. The van der Waals surface area contributed by atoms with E-state index in [1.165, 1.54) is 0 Å². The van der Waals surface area contributed by atoms with Gasteiger partial charge in [-0.3, -0.25) is 0 Å². The van der Waals surface area contributed by atoms with Gasteiger partial charge < -0.3 is 15.1 Å². The van der Waals surface area contributed by atoms with Gasteiger partial charge in [0.15, 0.2) is 0 Å². The average Bonchev–Trinajstić information content (AvgIpc) is 2.81. The van der Waals surface area contributed by atoms with E-state index in [0.29, 0.717) is 17.8 Å². The highest BCUT2D eigenvalue weighted by Crippen LogP contribution is 2.16. The first-order chi connectivity index (χ1) is 8.56. The van der Waals surface area contributed by atoms with Crippen molar-refractivity contribution in [2.45, 2.75) is 6.42 Å². The van der Waals surface area contributed by atoms with Crippen molar-refractivity contribution in [1.29, 1.82) is 0 Å². The monoisotopic (exact) mass is 246 g/mol. The quantitative estimate of drug-likeness (QED) is 0.863. The Labute approximate surface area is 107 Å². The Hall–Kier alpha value is -2.11. The zero-order valence-electron chi connectivity index (χ0n) is 11.2. The number of hydrogen-bond acceptors (Lipinski definition) is 6. The summed E-state index contributed by atoms with van der Waals surface area (Å²) in [6.45, 7) is 0. The van der Waals surface area contributed by atoms with Crippen LogP contribution in [-0.2, 0) is 0 Å². The van der Waals surface area contributed by atoms with Crippen LogP contribution in [0, 0.1) is 0 Å². The Morgan fingerprint density at radius 2 is 1.61 bits per heavy atom. The molecular formula is C12H18N6. The Bertz CT molecular complexity index is 463. The predicted molar refractivity (Wildman–Crippen MR) is 73.9 cm³/mol. The van der Waals surface area contributed by atoms with Crippen LogP contribution in [0.25, 0.3) is 0 Å². The van der Waals surface area contributed by atoms with Crippen molar-refractivity contribution in [3.8, 4) is 0 Å². The first-order valence-corrected chi connectivity index (χ1v) is 5.80. The number of nitrogens with one attached hydrogen (secondary N) is 1. The van der Waals surface area contributed by atoms with E-state index in [1.807, 2.05) is 44.1 Å². The number of anilines is 3. The molecule has 0 spiro atoms. The summed E-state index contributed by atoms with van der Waals surface area (Å²) in [5.41, 5.74) is 1.02. The van der Waals surface area contributed by atoms with Crippen molar-refractivity contribution >= 4 is 17.8 Å². The van der Waals surface area contributed by atoms with Crippen LogP contribution in [0.5, 0.6) is 0 Å². The SMILES string of the molecule is CN(C)c1nc(NC2=CCC=C2)nc(N(C)C)n1. The van der Waals surface area contributed by atoms with Crippen molar-refractivity contribution in [2.24, 2.45) is 0 Å². The van der Waals surface area contributed by atoms with Crippen LogP contribution in [0.15, 0.2) is 23.9 Å². The van der Waals surface area contributed by atoms with Crippen LogP contribution in [-0.4, -0.2) is 43.1 Å². The van der Waals surface area contributed by atoms with Gasteiger partial charge in [-0.05, 0) is 12.5 Å². The summed E-state index contributed by atoms with van der Waals surface area (Å²) < 4.78 is 0. The van der Waals surface area contributed by atoms with E-state index in [2.05, 4.69) is 32.4 Å². The maximum absolute atomic E-state index is 4.37. The lowest BCUT2D eigenvalue weighted by atomic mass is 10.4. The predicted octanol–water partition coefficient (Wildman–Crippen LogP) is 1.26. The summed E-state index contributed by atoms with van der Waals surface area (Å²) in [4.78, 5) is 16.8. The average molecular weight is 246 g/mol. The Balaban J connectivity index is 2.30. The van der Waals surface area contributed by atoms with Gasteiger partial charge in [-0.15, -0.1) is 0 Å². The maximum Gasteiger partial charge on any atom is 0.233 e. The molecule has 1 aliphatic carbocycles. The van der Waals surface area contributed by atoms with E-state index < -0.39 is 0 Å². The molecule has 1 aliphatic rings. The lowest BCUT2D eigenvalue weighted by Crippen LogP contribution is -2.19. The molecule has 1 aromatic rings. The highest BCUT2D eigenvalue weighted by Gasteiger charge is 2.10. The molecule has 0 atom stereocenters. The molecule has 6 heteroatoms. The van der Waals surface area contributed by atoms with E-state index in [0.717, 1.165) is 12.1 Å². The molecule has 0 unspecified atom stereocenters. The molecule has 0 fully saturated rings. The standard InChI is InChI=1S/C12H18N6/c1-17(2)11-14-10(13-9-7-5-6-8-9)15-12(16-11)18(3)4/h5,7-8H,6H2,1-4H3,(H,13,14,15,16). The van der Waals surface area contributed by atoms with Gasteiger partial charge in [0.2, 0.25) is 17.8 Å². The van der Waals surface area contributed by atoms with Crippen molar-refractivity contribution in [3.63, 3.8) is 0 Å². The fourth-order valence-corrected chi connectivity index (χ4v) is 1.49. The number of aromatic nitrogens is 3. The van der Waals surface area contributed by atoms with Crippen LogP contribution in [0.1, 0.15) is 6.42 Å². The molecule has 2 rings (SSSR count). The molecule has 1 N–H and O–H groups in total. The normalized spacial score (nSPS) is 13.4. The lowest BCUT2D eigenvalue weighted by Gasteiger charge is -2.16. The molecule has 0 amide bonds. The van der Waals surface area contributed by atoms with E-state index in [9.17, 15) is 0 Å². The molecule has 1 aromatic heterocycles. The number of allylic oxidation sites excluding steroid dienone is 3. The maximum atomic E-state index is 4.37. The smallest absolute Gasteiger partial charge is 0.233 e. The van der Waals surface area contributed by atoms with Crippen LogP contribution in [0.3, 0.4) is 0 Å². The van der Waals surface area contributed by atoms with Crippen molar-refractivity contribution in [1.82, 2.24) is 15.0 Å². The van der Waals surface area contributed by atoms with Crippen LogP contribution < -0.4 is 15.1 Å². The molecule has 6 nitrogen and oxygen atoms in total. The molecule has 0 saturated heterocycles. The van der Waals surface area contributed by atoms with E-state index in [4.69, 9.17) is 0 Å². The van der Waals surface area contributed by atoms with Crippen molar-refractivity contribution < 1.29 is 0 Å². The summed E-state index contributed by atoms with van der Waals surface area (Å²) in [6.07, 6.45) is 7.15. The molecule has 96 valence electrons. The summed E-state index contributed by atoms with van der Waals surface area (Å²) >= 11 is 0. The minimum absolute atomic E-state index is 0.565. The summed E-state index contributed by atoms with van der Waals surface area (Å²) in [5.74, 6) is 1.84. The highest BCUT2D eigenvalue weighted by atomic mass is 15.3. The van der Waals surface area contributed by atoms with Gasteiger partial charge in [0.05, 0.1) is 0 Å². The first kappa shape index (κ1) is 12.3. The Morgan fingerprint density at radius 1 is 1.00 bits per heavy atom. The van der Waals surface area contributed by atoms with Gasteiger partial charge >= 0.3 is 0 Å². The van der Waals surface area contributed by atoms with Crippen LogP contribution in [0.2, 0.25) is 0 Å². The second kappa shape index (κ2) is 5.03. The van der Waals surface area contributed by atoms with Crippen molar-refractivity contribution in [3.05, 3.63) is 23.9 Å². The Morgan fingerprint density at radius 3 is 2.06 bits per heavy atom. The lowest BCUT2D eigenvalue weighted by molar-refractivity contribution is 0.918. The van der Waals surface area contributed by atoms with E-state index in [1.54, 1.807) is 0 Å². The summed E-state index contributed by atoms with van der Waals surface area (Å²) in [6, 6.07) is 0. The highest BCUT2D eigenvalue weighted by molar-refractivity contribution is 5.49. The fraction of sp³-hybridized carbons (Fsp3) is 0.417. The molecule has 1 heterocycles. The molecule has 0 aromatic carbocycles. The molecule has 0 aliphatic heterocycles. The third-order valence-corrected chi connectivity index (χ3v) is 2.44. The van der Waals surface area contributed by atoms with Crippen molar-refractivity contribution in [2.75, 3.05) is 43.3 Å². The first-order valence-electron chi connectivity index (χ1n) is 5.80. The summed E-state index contributed by atoms with van der Waals surface area (Å²) in [7, 11) is 7.64. The van der Waals surface area contributed by atoms with Gasteiger partial charge in [0, 0.05) is 33.9 Å². The third kappa shape index (κ3) is 2.77. The zero-order valence-corrected chi connectivity index (χ0v) is 11.2. The molecule has 0 bridgehead atoms. The molecule has 18 heavy (non-hydrogen) atoms. The van der Waals surface area contributed by atoms with E-state index >= 15 is 0 Å². The topological polar surface area (TPSA) is 57.2 Å². The molecule has 0 saturated carbocycles. The van der Waals surface area contributed by atoms with Gasteiger partial charge in [-0.1, -0.05) is 12.2 Å².